The van der Waals surface area contributed by atoms with Crippen LogP contribution < -0.4 is 11.1 Å². The van der Waals surface area contributed by atoms with Gasteiger partial charge >= 0.3 is 0 Å². The van der Waals surface area contributed by atoms with Crippen molar-refractivity contribution >= 4 is 5.91 Å². The Kier molecular flexibility index (Phi) is 5.33. The average molecular weight is 303 g/mol. The first-order chi connectivity index (χ1) is 10.5. The maximum atomic E-state index is 13.1. The van der Waals surface area contributed by atoms with Gasteiger partial charge in [-0.1, -0.05) is 0 Å². The van der Waals surface area contributed by atoms with Gasteiger partial charge in [0, 0.05) is 23.6 Å². The fourth-order valence-electron chi connectivity index (χ4n) is 2.55. The lowest BCUT2D eigenvalue weighted by atomic mass is 10.2. The number of aromatic nitrogens is 1. The molecule has 0 spiro atoms. The first-order valence-corrected chi connectivity index (χ1v) is 7.47. The van der Waals surface area contributed by atoms with Gasteiger partial charge in [-0.25, -0.2) is 4.39 Å². The zero-order chi connectivity index (χ0) is 16.1. The summed E-state index contributed by atoms with van der Waals surface area (Å²) in [6.45, 7) is 5.08. The molecule has 1 heterocycles. The van der Waals surface area contributed by atoms with E-state index < -0.39 is 0 Å². The van der Waals surface area contributed by atoms with Crippen LogP contribution in [0.3, 0.4) is 0 Å². The van der Waals surface area contributed by atoms with Gasteiger partial charge in [0.05, 0.1) is 5.56 Å². The number of hydrogen-bond donors (Lipinski definition) is 2. The van der Waals surface area contributed by atoms with Crippen molar-refractivity contribution in [2.45, 2.75) is 26.7 Å². The van der Waals surface area contributed by atoms with Gasteiger partial charge in [-0.2, -0.15) is 0 Å². The molecule has 1 amide bonds. The van der Waals surface area contributed by atoms with E-state index in [1.165, 1.54) is 12.1 Å². The topological polar surface area (TPSA) is 60.1 Å². The van der Waals surface area contributed by atoms with E-state index in [1.54, 1.807) is 12.1 Å². The molecule has 1 aromatic heterocycles. The summed E-state index contributed by atoms with van der Waals surface area (Å²) in [5.74, 6) is -0.359. The average Bonchev–Trinajstić information content (AvgIpc) is 2.80. The van der Waals surface area contributed by atoms with Crippen LogP contribution in [0.2, 0.25) is 0 Å². The third-order valence-corrected chi connectivity index (χ3v) is 3.68. The van der Waals surface area contributed by atoms with Crippen molar-refractivity contribution in [2.75, 3.05) is 13.1 Å². The van der Waals surface area contributed by atoms with Crippen molar-refractivity contribution in [3.05, 3.63) is 53.1 Å². The first kappa shape index (κ1) is 16.2. The van der Waals surface area contributed by atoms with Gasteiger partial charge in [0.2, 0.25) is 0 Å². The molecule has 22 heavy (non-hydrogen) atoms. The minimum Gasteiger partial charge on any atom is -0.352 e. The van der Waals surface area contributed by atoms with Gasteiger partial charge in [-0.05, 0) is 63.6 Å². The van der Waals surface area contributed by atoms with E-state index in [4.69, 9.17) is 5.73 Å². The summed E-state index contributed by atoms with van der Waals surface area (Å²) in [5, 5.41) is 2.91. The SMILES string of the molecule is Cc1cc(C(=O)NCCCCN)c(C)n1-c1ccc(F)cc1. The Labute approximate surface area is 130 Å². The van der Waals surface area contributed by atoms with E-state index in [1.807, 2.05) is 24.5 Å². The van der Waals surface area contributed by atoms with E-state index in [2.05, 4.69) is 5.32 Å². The highest BCUT2D eigenvalue weighted by Gasteiger charge is 2.16. The number of carbonyl (C=O) groups excluding carboxylic acids is 1. The molecular formula is C17H22FN3O. The number of aryl methyl sites for hydroxylation is 1. The zero-order valence-electron chi connectivity index (χ0n) is 13.0. The van der Waals surface area contributed by atoms with Gasteiger partial charge in [-0.3, -0.25) is 4.79 Å². The van der Waals surface area contributed by atoms with Gasteiger partial charge in [0.1, 0.15) is 5.82 Å². The lowest BCUT2D eigenvalue weighted by molar-refractivity contribution is 0.0952. The normalized spacial score (nSPS) is 10.7. The second-order valence-electron chi connectivity index (χ2n) is 5.35. The Morgan fingerprint density at radius 1 is 1.23 bits per heavy atom. The van der Waals surface area contributed by atoms with Crippen LogP contribution >= 0.6 is 0 Å². The number of hydrogen-bond acceptors (Lipinski definition) is 2. The molecule has 0 fully saturated rings. The Balaban J connectivity index is 2.19. The van der Waals surface area contributed by atoms with E-state index in [0.717, 1.165) is 29.9 Å². The van der Waals surface area contributed by atoms with Crippen LogP contribution in [0.5, 0.6) is 0 Å². The van der Waals surface area contributed by atoms with Crippen molar-refractivity contribution in [3.8, 4) is 5.69 Å². The minimum atomic E-state index is -0.274. The third kappa shape index (κ3) is 3.54. The fraction of sp³-hybridized carbons (Fsp3) is 0.353. The second-order valence-corrected chi connectivity index (χ2v) is 5.35. The van der Waals surface area contributed by atoms with Crippen LogP contribution in [0.4, 0.5) is 4.39 Å². The Hall–Kier alpha value is -2.14. The van der Waals surface area contributed by atoms with Gasteiger partial charge < -0.3 is 15.6 Å². The number of benzene rings is 1. The molecule has 0 saturated carbocycles. The number of halogens is 1. The highest BCUT2D eigenvalue weighted by molar-refractivity contribution is 5.95. The number of carbonyl (C=O) groups is 1. The number of nitrogens with zero attached hydrogens (tertiary/aromatic N) is 1. The molecule has 0 unspecified atom stereocenters. The molecule has 3 N–H and O–H groups in total. The number of nitrogens with two attached hydrogens (primary N) is 1. The molecule has 0 saturated heterocycles. The van der Waals surface area contributed by atoms with Crippen LogP contribution in [0.1, 0.15) is 34.6 Å². The maximum Gasteiger partial charge on any atom is 0.253 e. The number of nitrogens with one attached hydrogen (secondary N) is 1. The minimum absolute atomic E-state index is 0.0847. The van der Waals surface area contributed by atoms with E-state index >= 15 is 0 Å². The van der Waals surface area contributed by atoms with Crippen molar-refractivity contribution < 1.29 is 9.18 Å². The molecule has 4 nitrogen and oxygen atoms in total. The maximum absolute atomic E-state index is 13.1. The van der Waals surface area contributed by atoms with E-state index in [9.17, 15) is 9.18 Å². The van der Waals surface area contributed by atoms with Gasteiger partial charge in [-0.15, -0.1) is 0 Å². The van der Waals surface area contributed by atoms with Crippen LogP contribution in [-0.4, -0.2) is 23.6 Å². The molecule has 5 heteroatoms. The monoisotopic (exact) mass is 303 g/mol. The van der Waals surface area contributed by atoms with Crippen molar-refractivity contribution in [3.63, 3.8) is 0 Å². The molecule has 0 aliphatic carbocycles. The fourth-order valence-corrected chi connectivity index (χ4v) is 2.55. The quantitative estimate of drug-likeness (QED) is 0.806. The summed E-state index contributed by atoms with van der Waals surface area (Å²) < 4.78 is 15.0. The summed E-state index contributed by atoms with van der Waals surface area (Å²) in [7, 11) is 0. The summed E-state index contributed by atoms with van der Waals surface area (Å²) in [5.41, 5.74) is 8.72. The molecule has 0 bridgehead atoms. The number of amides is 1. The van der Waals surface area contributed by atoms with Crippen LogP contribution in [0.25, 0.3) is 5.69 Å². The molecule has 2 aromatic rings. The molecule has 118 valence electrons. The second kappa shape index (κ2) is 7.22. The van der Waals surface area contributed by atoms with Crippen LogP contribution in [0, 0.1) is 19.7 Å². The molecule has 1 aromatic carbocycles. The Morgan fingerprint density at radius 3 is 2.55 bits per heavy atom. The molecule has 0 aliphatic heterocycles. The summed E-state index contributed by atoms with van der Waals surface area (Å²) >= 11 is 0. The molecular weight excluding hydrogens is 281 g/mol. The summed E-state index contributed by atoms with van der Waals surface area (Å²) in [4.78, 5) is 12.3. The zero-order valence-corrected chi connectivity index (χ0v) is 13.0. The van der Waals surface area contributed by atoms with Crippen LogP contribution in [-0.2, 0) is 0 Å². The number of rotatable bonds is 6. The van der Waals surface area contributed by atoms with Gasteiger partial charge in [0.25, 0.3) is 5.91 Å². The predicted octanol–water partition coefficient (Wildman–Crippen LogP) is 2.70. The van der Waals surface area contributed by atoms with Crippen molar-refractivity contribution in [2.24, 2.45) is 5.73 Å². The molecule has 0 aliphatic rings. The lowest BCUT2D eigenvalue weighted by Gasteiger charge is -2.10. The summed E-state index contributed by atoms with van der Waals surface area (Å²) in [6, 6.07) is 8.11. The molecule has 0 radical (unpaired) electrons. The van der Waals surface area contributed by atoms with Gasteiger partial charge in [0.15, 0.2) is 0 Å². The highest BCUT2D eigenvalue weighted by atomic mass is 19.1. The third-order valence-electron chi connectivity index (χ3n) is 3.68. The van der Waals surface area contributed by atoms with E-state index in [-0.39, 0.29) is 11.7 Å². The Bertz CT molecular complexity index is 647. The van der Waals surface area contributed by atoms with Crippen molar-refractivity contribution in [1.82, 2.24) is 9.88 Å². The highest BCUT2D eigenvalue weighted by Crippen LogP contribution is 2.21. The largest absolute Gasteiger partial charge is 0.352 e. The lowest BCUT2D eigenvalue weighted by Crippen LogP contribution is -2.25. The predicted molar refractivity (Wildman–Crippen MR) is 85.8 cm³/mol. The molecule has 2 rings (SSSR count). The van der Waals surface area contributed by atoms with E-state index in [0.29, 0.717) is 18.7 Å². The first-order valence-electron chi connectivity index (χ1n) is 7.47. The van der Waals surface area contributed by atoms with Crippen LogP contribution in [0.15, 0.2) is 30.3 Å². The standard InChI is InChI=1S/C17H22FN3O/c1-12-11-16(17(22)20-10-4-3-9-19)13(2)21(12)15-7-5-14(18)6-8-15/h5-8,11H,3-4,9-10,19H2,1-2H3,(H,20,22). The summed E-state index contributed by atoms with van der Waals surface area (Å²) in [6.07, 6.45) is 1.77. The smallest absolute Gasteiger partial charge is 0.253 e. The van der Waals surface area contributed by atoms with Crippen molar-refractivity contribution in [1.29, 1.82) is 0 Å². The number of unbranched alkanes of at least 4 members (excludes halogenated alkanes) is 1. The Morgan fingerprint density at radius 2 is 1.91 bits per heavy atom. The molecule has 0 atom stereocenters.